The summed E-state index contributed by atoms with van der Waals surface area (Å²) in [5.74, 6) is 1.99. The first-order valence-electron chi connectivity index (χ1n) is 10.6. The summed E-state index contributed by atoms with van der Waals surface area (Å²) in [6, 6.07) is 6.92. The van der Waals surface area contributed by atoms with E-state index in [0.29, 0.717) is 11.3 Å². The van der Waals surface area contributed by atoms with Crippen molar-refractivity contribution in [2.75, 3.05) is 7.11 Å². The third kappa shape index (κ3) is 3.58. The lowest BCUT2D eigenvalue weighted by atomic mass is 9.63. The molecule has 0 heterocycles. The molecule has 146 valence electrons. The lowest BCUT2D eigenvalue weighted by molar-refractivity contribution is 0.114. The van der Waals surface area contributed by atoms with Crippen LogP contribution in [0.15, 0.2) is 24.3 Å². The van der Waals surface area contributed by atoms with Crippen molar-refractivity contribution in [2.24, 2.45) is 17.8 Å². The van der Waals surface area contributed by atoms with Crippen LogP contribution in [0.25, 0.3) is 10.8 Å². The van der Waals surface area contributed by atoms with Crippen LogP contribution in [-0.4, -0.2) is 7.11 Å². The van der Waals surface area contributed by atoms with Crippen molar-refractivity contribution in [3.05, 3.63) is 41.5 Å². The van der Waals surface area contributed by atoms with Gasteiger partial charge < -0.3 is 4.74 Å². The predicted molar refractivity (Wildman–Crippen MR) is 106 cm³/mol. The molecule has 2 aromatic rings. The molecule has 4 atom stereocenters. The Bertz CT molecular complexity index is 816. The largest absolute Gasteiger partial charge is 0.494 e. The molecule has 27 heavy (non-hydrogen) atoms. The average molecular weight is 372 g/mol. The fraction of sp³-hybridized carbons (Fsp3) is 0.583. The maximum absolute atomic E-state index is 14.8. The van der Waals surface area contributed by atoms with Crippen molar-refractivity contribution >= 4 is 10.8 Å². The highest BCUT2D eigenvalue weighted by Crippen LogP contribution is 2.48. The lowest BCUT2D eigenvalue weighted by Crippen LogP contribution is -2.30. The van der Waals surface area contributed by atoms with Crippen LogP contribution in [0.3, 0.4) is 0 Å². The Morgan fingerprint density at radius 3 is 2.56 bits per heavy atom. The Morgan fingerprint density at radius 1 is 1.00 bits per heavy atom. The average Bonchev–Trinajstić information content (AvgIpc) is 2.67. The van der Waals surface area contributed by atoms with E-state index < -0.39 is 11.6 Å². The predicted octanol–water partition coefficient (Wildman–Crippen LogP) is 7.23. The number of benzene rings is 2. The van der Waals surface area contributed by atoms with Crippen molar-refractivity contribution < 1.29 is 13.5 Å². The zero-order valence-electron chi connectivity index (χ0n) is 16.4. The van der Waals surface area contributed by atoms with Gasteiger partial charge >= 0.3 is 0 Å². The summed E-state index contributed by atoms with van der Waals surface area (Å²) in [5.41, 5.74) is 1.04. The molecule has 2 aromatic carbocycles. The van der Waals surface area contributed by atoms with E-state index >= 15 is 0 Å². The van der Waals surface area contributed by atoms with Crippen molar-refractivity contribution in [2.45, 2.75) is 64.2 Å². The lowest BCUT2D eigenvalue weighted by Gasteiger charge is -2.42. The molecule has 2 fully saturated rings. The molecule has 1 nitrogen and oxygen atoms in total. The normalized spacial score (nSPS) is 28.1. The fourth-order valence-corrected chi connectivity index (χ4v) is 5.73. The minimum atomic E-state index is -0.600. The molecule has 4 rings (SSSR count). The molecule has 3 heteroatoms. The molecule has 0 saturated heterocycles. The summed E-state index contributed by atoms with van der Waals surface area (Å²) < 4.78 is 34.2. The topological polar surface area (TPSA) is 9.23 Å². The number of ether oxygens (including phenoxy) is 1. The molecule has 0 bridgehead atoms. The van der Waals surface area contributed by atoms with Gasteiger partial charge in [0, 0.05) is 0 Å². The van der Waals surface area contributed by atoms with Gasteiger partial charge in [-0.2, -0.15) is 0 Å². The van der Waals surface area contributed by atoms with Crippen molar-refractivity contribution in [3.63, 3.8) is 0 Å². The van der Waals surface area contributed by atoms with E-state index in [-0.39, 0.29) is 11.1 Å². The molecule has 2 aliphatic carbocycles. The highest BCUT2D eigenvalue weighted by atomic mass is 19.1. The summed E-state index contributed by atoms with van der Waals surface area (Å²) in [6.07, 6.45) is 10.3. The Balaban J connectivity index is 1.55. The van der Waals surface area contributed by atoms with Gasteiger partial charge in [0.2, 0.25) is 0 Å². The Hall–Kier alpha value is -1.64. The molecular formula is C24H30F2O. The van der Waals surface area contributed by atoms with Gasteiger partial charge in [-0.25, -0.2) is 8.78 Å². The fourth-order valence-electron chi connectivity index (χ4n) is 5.73. The maximum Gasteiger partial charge on any atom is 0.175 e. The molecule has 0 N–H and O–H groups in total. The summed E-state index contributed by atoms with van der Waals surface area (Å²) in [4.78, 5) is 0. The number of hydrogen-bond acceptors (Lipinski definition) is 1. The SMILES string of the molecule is CCCC1CCC2CC(c3cc(F)c4c(F)c(OC)ccc4c3)CCC2C1. The molecule has 0 aliphatic heterocycles. The molecule has 0 aromatic heterocycles. The van der Waals surface area contributed by atoms with Gasteiger partial charge in [-0.1, -0.05) is 38.3 Å². The Morgan fingerprint density at radius 2 is 1.78 bits per heavy atom. The second-order valence-electron chi connectivity index (χ2n) is 8.68. The summed E-state index contributed by atoms with van der Waals surface area (Å²) in [5, 5.41) is 0.684. The van der Waals surface area contributed by atoms with Crippen LogP contribution < -0.4 is 4.74 Å². The van der Waals surface area contributed by atoms with Crippen LogP contribution >= 0.6 is 0 Å². The first-order chi connectivity index (χ1) is 13.1. The monoisotopic (exact) mass is 372 g/mol. The molecule has 2 aliphatic rings. The van der Waals surface area contributed by atoms with E-state index in [9.17, 15) is 8.78 Å². The van der Waals surface area contributed by atoms with E-state index in [2.05, 4.69) is 6.92 Å². The quantitative estimate of drug-likeness (QED) is 0.550. The van der Waals surface area contributed by atoms with Crippen LogP contribution in [0.4, 0.5) is 8.78 Å². The van der Waals surface area contributed by atoms with E-state index in [1.165, 1.54) is 45.6 Å². The maximum atomic E-state index is 14.8. The third-order valence-corrected chi connectivity index (χ3v) is 7.10. The summed E-state index contributed by atoms with van der Waals surface area (Å²) in [7, 11) is 1.41. The van der Waals surface area contributed by atoms with Gasteiger partial charge in [0.1, 0.15) is 5.82 Å². The number of halogens is 2. The van der Waals surface area contributed by atoms with Gasteiger partial charge in [-0.05, 0) is 78.9 Å². The highest BCUT2D eigenvalue weighted by molar-refractivity contribution is 5.86. The zero-order valence-corrected chi connectivity index (χ0v) is 16.4. The van der Waals surface area contributed by atoms with E-state index in [1.54, 1.807) is 18.2 Å². The van der Waals surface area contributed by atoms with Gasteiger partial charge in [-0.15, -0.1) is 0 Å². The van der Waals surface area contributed by atoms with Crippen LogP contribution in [-0.2, 0) is 0 Å². The highest BCUT2D eigenvalue weighted by Gasteiger charge is 2.36. The standard InChI is InChI=1S/C24H30F2O/c1-3-4-15-5-6-17-12-18(8-7-16(17)11-15)20-13-19-9-10-22(27-2)24(26)23(19)21(25)14-20/h9-10,13-18H,3-8,11-12H2,1-2H3. The second kappa shape index (κ2) is 7.77. The van der Waals surface area contributed by atoms with Crippen LogP contribution in [0.2, 0.25) is 0 Å². The van der Waals surface area contributed by atoms with E-state index in [1.807, 2.05) is 6.07 Å². The molecule has 4 unspecified atom stereocenters. The number of fused-ring (bicyclic) bond motifs is 2. The van der Waals surface area contributed by atoms with Crippen LogP contribution in [0.1, 0.15) is 69.8 Å². The van der Waals surface area contributed by atoms with Crippen molar-refractivity contribution in [1.29, 1.82) is 0 Å². The number of hydrogen-bond donors (Lipinski definition) is 0. The Kier molecular flexibility index (Phi) is 5.39. The zero-order chi connectivity index (χ0) is 19.0. The summed E-state index contributed by atoms with van der Waals surface area (Å²) in [6.45, 7) is 2.29. The first-order valence-corrected chi connectivity index (χ1v) is 10.6. The molecular weight excluding hydrogens is 342 g/mol. The Labute approximate surface area is 161 Å². The van der Waals surface area contributed by atoms with Gasteiger partial charge in [0.15, 0.2) is 11.6 Å². The second-order valence-corrected chi connectivity index (χ2v) is 8.68. The molecule has 0 amide bonds. The molecule has 2 saturated carbocycles. The van der Waals surface area contributed by atoms with Crippen molar-refractivity contribution in [3.8, 4) is 5.75 Å². The van der Waals surface area contributed by atoms with Gasteiger partial charge in [0.25, 0.3) is 0 Å². The van der Waals surface area contributed by atoms with Crippen LogP contribution in [0.5, 0.6) is 5.75 Å². The van der Waals surface area contributed by atoms with E-state index in [0.717, 1.165) is 36.2 Å². The number of rotatable bonds is 4. The first kappa shape index (κ1) is 18.7. The van der Waals surface area contributed by atoms with Crippen LogP contribution in [0, 0.1) is 29.4 Å². The molecule has 0 radical (unpaired) electrons. The third-order valence-electron chi connectivity index (χ3n) is 7.10. The summed E-state index contributed by atoms with van der Waals surface area (Å²) >= 11 is 0. The smallest absolute Gasteiger partial charge is 0.175 e. The number of methoxy groups -OCH3 is 1. The molecule has 0 spiro atoms. The minimum absolute atomic E-state index is 0.0480. The van der Waals surface area contributed by atoms with Gasteiger partial charge in [-0.3, -0.25) is 0 Å². The minimum Gasteiger partial charge on any atom is -0.494 e. The van der Waals surface area contributed by atoms with E-state index in [4.69, 9.17) is 4.74 Å². The van der Waals surface area contributed by atoms with Crippen molar-refractivity contribution in [1.82, 2.24) is 0 Å². The van der Waals surface area contributed by atoms with Gasteiger partial charge in [0.05, 0.1) is 12.5 Å².